The molecule has 0 aliphatic rings. The summed E-state index contributed by atoms with van der Waals surface area (Å²) in [5.41, 5.74) is 1.20. The number of hydrogen-bond acceptors (Lipinski definition) is 2. The summed E-state index contributed by atoms with van der Waals surface area (Å²) >= 11 is 0. The molecule has 0 fully saturated rings. The number of ketones is 1. The standard InChI is InChI=1S/C15H12O2.Ir/c16-14(12-7-3-1-4-8-12)11-15(17)13-9-5-2-6-10-13;/h1-11,16H;/b14-11-;. The molecule has 18 heavy (non-hydrogen) atoms. The summed E-state index contributed by atoms with van der Waals surface area (Å²) in [7, 11) is 0. The van der Waals surface area contributed by atoms with Crippen LogP contribution in [0.5, 0.6) is 0 Å². The molecule has 0 spiro atoms. The molecule has 3 heteroatoms. The van der Waals surface area contributed by atoms with Crippen LogP contribution in [-0.4, -0.2) is 10.9 Å². The van der Waals surface area contributed by atoms with Crippen molar-refractivity contribution in [2.75, 3.05) is 0 Å². The third kappa shape index (κ3) is 3.66. The minimum absolute atomic E-state index is 0. The van der Waals surface area contributed by atoms with Gasteiger partial charge in [-0.05, 0) is 0 Å². The summed E-state index contributed by atoms with van der Waals surface area (Å²) in [5.74, 6) is -0.216. The number of allylic oxidation sites excluding steroid dienone is 1. The molecular formula is C15H12IrO2. The second-order valence-electron chi connectivity index (χ2n) is 3.63. The maximum atomic E-state index is 11.8. The van der Waals surface area contributed by atoms with Crippen molar-refractivity contribution in [2.24, 2.45) is 0 Å². The molecule has 2 nitrogen and oxygen atoms in total. The van der Waals surface area contributed by atoms with E-state index in [-0.39, 0.29) is 31.6 Å². The van der Waals surface area contributed by atoms with Gasteiger partial charge in [-0.3, -0.25) is 4.79 Å². The number of rotatable bonds is 3. The van der Waals surface area contributed by atoms with E-state index < -0.39 is 0 Å². The molecule has 0 bridgehead atoms. The molecule has 93 valence electrons. The minimum atomic E-state index is -0.202. The van der Waals surface area contributed by atoms with Crippen molar-refractivity contribution in [3.63, 3.8) is 0 Å². The van der Waals surface area contributed by atoms with Crippen molar-refractivity contribution >= 4 is 11.5 Å². The Hall–Kier alpha value is -1.70. The first-order valence-electron chi connectivity index (χ1n) is 5.33. The number of benzene rings is 2. The summed E-state index contributed by atoms with van der Waals surface area (Å²) in [4.78, 5) is 11.8. The van der Waals surface area contributed by atoms with Gasteiger partial charge in [0, 0.05) is 37.3 Å². The predicted octanol–water partition coefficient (Wildman–Crippen LogP) is 3.47. The molecule has 0 saturated carbocycles. The first-order chi connectivity index (χ1) is 8.27. The first-order valence-corrected chi connectivity index (χ1v) is 5.33. The molecule has 0 aliphatic heterocycles. The topological polar surface area (TPSA) is 37.3 Å². The van der Waals surface area contributed by atoms with Crippen LogP contribution in [0.4, 0.5) is 0 Å². The maximum Gasteiger partial charge on any atom is 0.189 e. The van der Waals surface area contributed by atoms with Gasteiger partial charge in [0.25, 0.3) is 0 Å². The molecule has 0 saturated heterocycles. The second kappa shape index (κ2) is 6.90. The van der Waals surface area contributed by atoms with E-state index in [1.54, 1.807) is 36.4 Å². The van der Waals surface area contributed by atoms with Crippen molar-refractivity contribution in [3.8, 4) is 0 Å². The molecular weight excluding hydrogens is 404 g/mol. The normalized spacial score (nSPS) is 10.6. The van der Waals surface area contributed by atoms with Gasteiger partial charge >= 0.3 is 0 Å². The van der Waals surface area contributed by atoms with Crippen molar-refractivity contribution in [2.45, 2.75) is 0 Å². The van der Waals surface area contributed by atoms with E-state index >= 15 is 0 Å². The summed E-state index contributed by atoms with van der Waals surface area (Å²) < 4.78 is 0. The summed E-state index contributed by atoms with van der Waals surface area (Å²) in [6, 6.07) is 17.9. The Morgan fingerprint density at radius 3 is 1.78 bits per heavy atom. The maximum absolute atomic E-state index is 11.8. The Balaban J connectivity index is 0.00000162. The quantitative estimate of drug-likeness (QED) is 0.473. The van der Waals surface area contributed by atoms with E-state index in [1.165, 1.54) is 6.08 Å². The number of carbonyl (C=O) groups is 1. The van der Waals surface area contributed by atoms with Gasteiger partial charge in [-0.2, -0.15) is 0 Å². The molecule has 0 heterocycles. The van der Waals surface area contributed by atoms with Crippen LogP contribution in [0.3, 0.4) is 0 Å². The van der Waals surface area contributed by atoms with Gasteiger partial charge < -0.3 is 5.11 Å². The zero-order valence-electron chi connectivity index (χ0n) is 9.54. The average Bonchev–Trinajstić information content (AvgIpc) is 2.40. The van der Waals surface area contributed by atoms with Crippen molar-refractivity contribution in [3.05, 3.63) is 77.9 Å². The van der Waals surface area contributed by atoms with Crippen LogP contribution in [0.15, 0.2) is 66.7 Å². The third-order valence-corrected chi connectivity index (χ3v) is 2.40. The Labute approximate surface area is 119 Å². The van der Waals surface area contributed by atoms with E-state index in [2.05, 4.69) is 0 Å². The zero-order chi connectivity index (χ0) is 12.1. The van der Waals surface area contributed by atoms with E-state index in [0.29, 0.717) is 11.1 Å². The van der Waals surface area contributed by atoms with E-state index in [1.807, 2.05) is 24.3 Å². The van der Waals surface area contributed by atoms with Crippen LogP contribution in [0, 0.1) is 0 Å². The van der Waals surface area contributed by atoms with Gasteiger partial charge in [-0.1, -0.05) is 60.7 Å². The Morgan fingerprint density at radius 2 is 1.28 bits per heavy atom. The Kier molecular flexibility index (Phi) is 5.50. The monoisotopic (exact) mass is 417 g/mol. The number of carbonyl (C=O) groups excluding carboxylic acids is 1. The molecule has 1 radical (unpaired) electrons. The zero-order valence-corrected chi connectivity index (χ0v) is 11.9. The minimum Gasteiger partial charge on any atom is -0.507 e. The summed E-state index contributed by atoms with van der Waals surface area (Å²) in [6.07, 6.45) is 1.24. The molecule has 0 atom stereocenters. The number of aliphatic hydroxyl groups excluding tert-OH is 1. The largest absolute Gasteiger partial charge is 0.507 e. The molecule has 2 aromatic rings. The summed E-state index contributed by atoms with van der Waals surface area (Å²) in [6.45, 7) is 0. The number of hydrogen-bond donors (Lipinski definition) is 1. The van der Waals surface area contributed by atoms with E-state index in [0.717, 1.165) is 0 Å². The van der Waals surface area contributed by atoms with Crippen LogP contribution in [-0.2, 0) is 20.1 Å². The summed E-state index contributed by atoms with van der Waals surface area (Å²) in [5, 5.41) is 9.79. The average molecular weight is 416 g/mol. The van der Waals surface area contributed by atoms with Crippen LogP contribution in [0.25, 0.3) is 5.76 Å². The fraction of sp³-hybridized carbons (Fsp3) is 0. The van der Waals surface area contributed by atoms with Crippen LogP contribution in [0.2, 0.25) is 0 Å². The SMILES string of the molecule is O=C(/C=C(\O)c1ccccc1)c1ccccc1.[Ir]. The van der Waals surface area contributed by atoms with Gasteiger partial charge in [0.2, 0.25) is 0 Å². The van der Waals surface area contributed by atoms with Gasteiger partial charge in [-0.25, -0.2) is 0 Å². The van der Waals surface area contributed by atoms with Gasteiger partial charge in [0.15, 0.2) is 5.78 Å². The molecule has 2 aromatic carbocycles. The smallest absolute Gasteiger partial charge is 0.189 e. The number of aliphatic hydroxyl groups is 1. The van der Waals surface area contributed by atoms with Gasteiger partial charge in [0.1, 0.15) is 5.76 Å². The van der Waals surface area contributed by atoms with E-state index in [4.69, 9.17) is 0 Å². The van der Waals surface area contributed by atoms with Crippen LogP contribution in [0.1, 0.15) is 15.9 Å². The Morgan fingerprint density at radius 1 is 0.833 bits per heavy atom. The first kappa shape index (κ1) is 14.4. The molecule has 1 N–H and O–H groups in total. The van der Waals surface area contributed by atoms with Crippen LogP contribution < -0.4 is 0 Å². The molecule has 0 amide bonds. The third-order valence-electron chi connectivity index (χ3n) is 2.40. The fourth-order valence-electron chi connectivity index (χ4n) is 1.50. The van der Waals surface area contributed by atoms with Gasteiger partial charge in [-0.15, -0.1) is 0 Å². The van der Waals surface area contributed by atoms with Crippen molar-refractivity contribution in [1.29, 1.82) is 0 Å². The van der Waals surface area contributed by atoms with Crippen molar-refractivity contribution < 1.29 is 30.0 Å². The van der Waals surface area contributed by atoms with E-state index in [9.17, 15) is 9.90 Å². The van der Waals surface area contributed by atoms with Crippen LogP contribution >= 0.6 is 0 Å². The second-order valence-corrected chi connectivity index (χ2v) is 3.63. The van der Waals surface area contributed by atoms with Crippen molar-refractivity contribution in [1.82, 2.24) is 0 Å². The predicted molar refractivity (Wildman–Crippen MR) is 67.8 cm³/mol. The molecule has 0 aromatic heterocycles. The fourth-order valence-corrected chi connectivity index (χ4v) is 1.50. The Bertz CT molecular complexity index is 533. The molecule has 0 unspecified atom stereocenters. The van der Waals surface area contributed by atoms with Gasteiger partial charge in [0.05, 0.1) is 0 Å². The molecule has 0 aliphatic carbocycles. The molecule has 2 rings (SSSR count).